The normalized spacial score (nSPS) is 28.2. The molecule has 0 aliphatic carbocycles. The van der Waals surface area contributed by atoms with Crippen molar-refractivity contribution in [1.82, 2.24) is 4.90 Å². The zero-order chi connectivity index (χ0) is 11.1. The Balaban J connectivity index is 2.04. The molecular weight excluding hydrogens is 188 g/mol. The molecule has 0 saturated carbocycles. The zero-order valence-electron chi connectivity index (χ0n) is 10.2. The minimum absolute atomic E-state index is 0.365. The van der Waals surface area contributed by atoms with E-state index in [1.165, 1.54) is 25.8 Å². The van der Waals surface area contributed by atoms with Crippen LogP contribution >= 0.6 is 0 Å². The lowest BCUT2D eigenvalue weighted by Crippen LogP contribution is -2.47. The van der Waals surface area contributed by atoms with Crippen molar-refractivity contribution < 1.29 is 4.74 Å². The topological polar surface area (TPSA) is 38.5 Å². The third kappa shape index (κ3) is 5.50. The van der Waals surface area contributed by atoms with E-state index in [4.69, 9.17) is 10.5 Å². The van der Waals surface area contributed by atoms with Crippen molar-refractivity contribution in [3.05, 3.63) is 0 Å². The van der Waals surface area contributed by atoms with Gasteiger partial charge < -0.3 is 10.5 Å². The van der Waals surface area contributed by atoms with Gasteiger partial charge in [0.25, 0.3) is 0 Å². The fraction of sp³-hybridized carbons (Fsp3) is 1.00. The molecule has 3 heteroatoms. The number of unbranched alkanes of at least 4 members (excludes halogenated alkanes) is 1. The first-order valence-corrected chi connectivity index (χ1v) is 6.28. The van der Waals surface area contributed by atoms with E-state index < -0.39 is 0 Å². The predicted octanol–water partition coefficient (Wildman–Crippen LogP) is 1.47. The maximum atomic E-state index is 5.98. The summed E-state index contributed by atoms with van der Waals surface area (Å²) >= 11 is 0. The summed E-state index contributed by atoms with van der Waals surface area (Å²) in [5.74, 6) is 0.740. The van der Waals surface area contributed by atoms with Crippen molar-refractivity contribution in [2.45, 2.75) is 39.2 Å². The Kier molecular flexibility index (Phi) is 6.22. The molecule has 0 bridgehead atoms. The van der Waals surface area contributed by atoms with E-state index in [1.807, 2.05) is 0 Å². The second kappa shape index (κ2) is 7.20. The number of likely N-dealkylation sites (tertiary alicyclic amines) is 1. The molecule has 1 aliphatic heterocycles. The lowest BCUT2D eigenvalue weighted by atomic mass is 9.97. The highest BCUT2D eigenvalue weighted by atomic mass is 16.5. The molecule has 0 spiro atoms. The van der Waals surface area contributed by atoms with Crippen LogP contribution in [-0.2, 0) is 4.74 Å². The second-order valence-electron chi connectivity index (χ2n) is 4.83. The molecular formula is C12H26N2O. The van der Waals surface area contributed by atoms with Crippen LogP contribution in [0.15, 0.2) is 0 Å². The van der Waals surface area contributed by atoms with Gasteiger partial charge in [-0.15, -0.1) is 0 Å². The van der Waals surface area contributed by atoms with Gasteiger partial charge in [0.05, 0.1) is 6.61 Å². The summed E-state index contributed by atoms with van der Waals surface area (Å²) < 4.78 is 5.56. The van der Waals surface area contributed by atoms with Crippen LogP contribution in [0.1, 0.15) is 33.1 Å². The van der Waals surface area contributed by atoms with Crippen LogP contribution in [0, 0.1) is 5.92 Å². The summed E-state index contributed by atoms with van der Waals surface area (Å²) in [7, 11) is 0. The van der Waals surface area contributed by atoms with Gasteiger partial charge in [0.2, 0.25) is 0 Å². The average Bonchev–Trinajstić information content (AvgIpc) is 2.16. The van der Waals surface area contributed by atoms with Crippen molar-refractivity contribution in [1.29, 1.82) is 0 Å². The van der Waals surface area contributed by atoms with Crippen molar-refractivity contribution in [2.24, 2.45) is 11.7 Å². The molecule has 1 aliphatic rings. The minimum Gasteiger partial charge on any atom is -0.380 e. The van der Waals surface area contributed by atoms with Crippen LogP contribution in [0.25, 0.3) is 0 Å². The van der Waals surface area contributed by atoms with E-state index >= 15 is 0 Å². The molecule has 0 radical (unpaired) electrons. The molecule has 0 aromatic heterocycles. The molecule has 2 atom stereocenters. The predicted molar refractivity (Wildman–Crippen MR) is 63.9 cm³/mol. The summed E-state index contributed by atoms with van der Waals surface area (Å²) in [4.78, 5) is 2.44. The highest BCUT2D eigenvalue weighted by Crippen LogP contribution is 2.14. The van der Waals surface area contributed by atoms with E-state index in [2.05, 4.69) is 18.7 Å². The van der Waals surface area contributed by atoms with Crippen LogP contribution in [0.5, 0.6) is 0 Å². The van der Waals surface area contributed by atoms with Crippen LogP contribution in [0.4, 0.5) is 0 Å². The zero-order valence-corrected chi connectivity index (χ0v) is 10.2. The molecule has 1 rings (SSSR count). The largest absolute Gasteiger partial charge is 0.380 e. The van der Waals surface area contributed by atoms with Crippen molar-refractivity contribution >= 4 is 0 Å². The number of nitrogens with two attached hydrogens (primary N) is 1. The minimum atomic E-state index is 0.365. The van der Waals surface area contributed by atoms with Crippen molar-refractivity contribution in [3.63, 3.8) is 0 Å². The molecule has 1 fully saturated rings. The smallest absolute Gasteiger partial charge is 0.0593 e. The standard InChI is InChI=1S/C12H26N2O/c1-3-4-6-15-7-5-14-9-11(2)8-12(13)10-14/h11-12H,3-10,13H2,1-2H3. The van der Waals surface area contributed by atoms with E-state index in [-0.39, 0.29) is 0 Å². The van der Waals surface area contributed by atoms with Crippen LogP contribution < -0.4 is 5.73 Å². The molecule has 2 unspecified atom stereocenters. The van der Waals surface area contributed by atoms with E-state index in [0.29, 0.717) is 6.04 Å². The van der Waals surface area contributed by atoms with Gasteiger partial charge in [0.1, 0.15) is 0 Å². The number of hydrogen-bond acceptors (Lipinski definition) is 3. The molecule has 15 heavy (non-hydrogen) atoms. The molecule has 3 nitrogen and oxygen atoms in total. The average molecular weight is 214 g/mol. The third-order valence-corrected chi connectivity index (χ3v) is 2.96. The maximum absolute atomic E-state index is 5.98. The van der Waals surface area contributed by atoms with Gasteiger partial charge in [0.15, 0.2) is 0 Å². The molecule has 1 heterocycles. The van der Waals surface area contributed by atoms with Crippen LogP contribution in [0.3, 0.4) is 0 Å². The third-order valence-electron chi connectivity index (χ3n) is 2.96. The maximum Gasteiger partial charge on any atom is 0.0593 e. The summed E-state index contributed by atoms with van der Waals surface area (Å²) in [6, 6.07) is 0.365. The Morgan fingerprint density at radius 2 is 2.13 bits per heavy atom. The Bertz CT molecular complexity index is 154. The molecule has 90 valence electrons. The first-order chi connectivity index (χ1) is 7.22. The second-order valence-corrected chi connectivity index (χ2v) is 4.83. The quantitative estimate of drug-likeness (QED) is 0.681. The monoisotopic (exact) mass is 214 g/mol. The van der Waals surface area contributed by atoms with E-state index in [9.17, 15) is 0 Å². The first kappa shape index (κ1) is 12.9. The van der Waals surface area contributed by atoms with Crippen LogP contribution in [-0.4, -0.2) is 43.8 Å². The lowest BCUT2D eigenvalue weighted by molar-refractivity contribution is 0.0808. The van der Waals surface area contributed by atoms with Gasteiger partial charge in [-0.1, -0.05) is 20.3 Å². The van der Waals surface area contributed by atoms with Gasteiger partial charge in [-0.25, -0.2) is 0 Å². The highest BCUT2D eigenvalue weighted by molar-refractivity contribution is 4.78. The number of ether oxygens (including phenoxy) is 1. The Hall–Kier alpha value is -0.120. The number of nitrogens with zero attached hydrogens (tertiary/aromatic N) is 1. The fourth-order valence-corrected chi connectivity index (χ4v) is 2.24. The van der Waals surface area contributed by atoms with Crippen LogP contribution in [0.2, 0.25) is 0 Å². The lowest BCUT2D eigenvalue weighted by Gasteiger charge is -2.34. The van der Waals surface area contributed by atoms with E-state index in [0.717, 1.165) is 32.2 Å². The molecule has 0 aromatic carbocycles. The van der Waals surface area contributed by atoms with Gasteiger partial charge in [-0.3, -0.25) is 4.90 Å². The van der Waals surface area contributed by atoms with Crippen molar-refractivity contribution in [3.8, 4) is 0 Å². The summed E-state index contributed by atoms with van der Waals surface area (Å²) in [5.41, 5.74) is 5.98. The van der Waals surface area contributed by atoms with Gasteiger partial charge in [-0.05, 0) is 18.8 Å². The summed E-state index contributed by atoms with van der Waals surface area (Å²) in [5, 5.41) is 0. The highest BCUT2D eigenvalue weighted by Gasteiger charge is 2.21. The fourth-order valence-electron chi connectivity index (χ4n) is 2.24. The molecule has 0 amide bonds. The SMILES string of the molecule is CCCCOCCN1CC(C)CC(N)C1. The van der Waals surface area contributed by atoms with Gasteiger partial charge in [0, 0.05) is 32.3 Å². The Morgan fingerprint density at radius 1 is 1.33 bits per heavy atom. The summed E-state index contributed by atoms with van der Waals surface area (Å²) in [6.45, 7) is 9.51. The number of piperidine rings is 1. The van der Waals surface area contributed by atoms with Gasteiger partial charge in [-0.2, -0.15) is 0 Å². The first-order valence-electron chi connectivity index (χ1n) is 6.28. The molecule has 1 saturated heterocycles. The Labute approximate surface area is 94.0 Å². The molecule has 0 aromatic rings. The summed E-state index contributed by atoms with van der Waals surface area (Å²) in [6.07, 6.45) is 3.56. The Morgan fingerprint density at radius 3 is 2.80 bits per heavy atom. The number of hydrogen-bond donors (Lipinski definition) is 1. The van der Waals surface area contributed by atoms with Crippen molar-refractivity contribution in [2.75, 3.05) is 32.8 Å². The number of rotatable bonds is 6. The molecule has 2 N–H and O–H groups in total. The van der Waals surface area contributed by atoms with Gasteiger partial charge >= 0.3 is 0 Å². The van der Waals surface area contributed by atoms with E-state index in [1.54, 1.807) is 0 Å².